The number of benzene rings is 1. The molecule has 0 saturated carbocycles. The van der Waals surface area contributed by atoms with Crippen molar-refractivity contribution in [3.8, 4) is 0 Å². The molecule has 1 N–H and O–H groups in total. The normalized spacial score (nSPS) is 12.9. The fraction of sp³-hybridized carbons (Fsp3) is 0.333. The van der Waals surface area contributed by atoms with Crippen LogP contribution in [0.15, 0.2) is 35.8 Å². The van der Waals surface area contributed by atoms with Crippen LogP contribution in [0.5, 0.6) is 0 Å². The van der Waals surface area contributed by atoms with E-state index in [9.17, 15) is 0 Å². The van der Waals surface area contributed by atoms with Gasteiger partial charge in [0.2, 0.25) is 0 Å². The number of hydrogen-bond donors (Lipinski definition) is 1. The van der Waals surface area contributed by atoms with E-state index < -0.39 is 0 Å². The van der Waals surface area contributed by atoms with E-state index in [4.69, 9.17) is 5.10 Å². The van der Waals surface area contributed by atoms with Gasteiger partial charge in [0.15, 0.2) is 0 Å². The van der Waals surface area contributed by atoms with Gasteiger partial charge in [0.05, 0.1) is 22.3 Å². The van der Waals surface area contributed by atoms with E-state index in [-0.39, 0.29) is 6.04 Å². The highest BCUT2D eigenvalue weighted by atomic mass is 32.1. The lowest BCUT2D eigenvalue weighted by Crippen LogP contribution is -2.23. The van der Waals surface area contributed by atoms with Gasteiger partial charge in [-0.2, -0.15) is 5.10 Å². The summed E-state index contributed by atoms with van der Waals surface area (Å²) in [6, 6.07) is 8.58. The molecule has 0 aliphatic rings. The maximum atomic E-state index is 4.72. The highest BCUT2D eigenvalue weighted by Crippen LogP contribution is 2.26. The van der Waals surface area contributed by atoms with E-state index in [0.717, 1.165) is 23.7 Å². The standard InChI is InChI=1S/C15H18N4S/c1-3-16-12(10-14-17-8-9-20-14)15-11-6-4-5-7-13(11)19(2)18-15/h4-9,12,16H,3,10H2,1-2H3. The molecule has 2 aromatic heterocycles. The molecular weight excluding hydrogens is 268 g/mol. The summed E-state index contributed by atoms with van der Waals surface area (Å²) < 4.78 is 1.96. The molecule has 1 unspecified atom stereocenters. The number of rotatable bonds is 5. The van der Waals surface area contributed by atoms with Gasteiger partial charge in [-0.3, -0.25) is 4.68 Å². The van der Waals surface area contributed by atoms with Gasteiger partial charge in [0, 0.05) is 30.4 Å². The monoisotopic (exact) mass is 286 g/mol. The SMILES string of the molecule is CCNC(Cc1nccs1)c1nn(C)c2ccccc12. The average molecular weight is 286 g/mol. The molecule has 20 heavy (non-hydrogen) atoms. The van der Waals surface area contributed by atoms with Crippen LogP contribution in [0.4, 0.5) is 0 Å². The number of thiazole rings is 1. The van der Waals surface area contributed by atoms with Gasteiger partial charge >= 0.3 is 0 Å². The number of nitrogens with one attached hydrogen (secondary N) is 1. The Labute approximate surface area is 122 Å². The van der Waals surface area contributed by atoms with Gasteiger partial charge < -0.3 is 5.32 Å². The maximum absolute atomic E-state index is 4.72. The first-order chi connectivity index (χ1) is 9.79. The molecule has 3 aromatic rings. The second-order valence-corrected chi connectivity index (χ2v) is 5.75. The Morgan fingerprint density at radius 1 is 1.35 bits per heavy atom. The quantitative estimate of drug-likeness (QED) is 0.784. The molecule has 2 heterocycles. The van der Waals surface area contributed by atoms with E-state index in [2.05, 4.69) is 41.5 Å². The number of hydrogen-bond acceptors (Lipinski definition) is 4. The topological polar surface area (TPSA) is 42.7 Å². The third-order valence-corrected chi connectivity index (χ3v) is 4.23. The lowest BCUT2D eigenvalue weighted by molar-refractivity contribution is 0.530. The lowest BCUT2D eigenvalue weighted by atomic mass is 10.1. The van der Waals surface area contributed by atoms with Crippen LogP contribution in [0.1, 0.15) is 23.7 Å². The first-order valence-corrected chi connectivity index (χ1v) is 7.71. The summed E-state index contributed by atoms with van der Waals surface area (Å²) in [7, 11) is 2.00. The minimum atomic E-state index is 0.206. The second kappa shape index (κ2) is 5.73. The summed E-state index contributed by atoms with van der Waals surface area (Å²) in [5.74, 6) is 0. The van der Waals surface area contributed by atoms with Gasteiger partial charge in [-0.1, -0.05) is 25.1 Å². The molecule has 0 saturated heterocycles. The molecule has 0 amide bonds. The van der Waals surface area contributed by atoms with Crippen LogP contribution >= 0.6 is 11.3 Å². The summed E-state index contributed by atoms with van der Waals surface area (Å²) in [6.07, 6.45) is 2.74. The van der Waals surface area contributed by atoms with E-state index in [1.54, 1.807) is 11.3 Å². The number of nitrogens with zero attached hydrogens (tertiary/aromatic N) is 3. The van der Waals surface area contributed by atoms with Crippen molar-refractivity contribution in [2.75, 3.05) is 6.54 Å². The Morgan fingerprint density at radius 3 is 2.95 bits per heavy atom. The largest absolute Gasteiger partial charge is 0.308 e. The second-order valence-electron chi connectivity index (χ2n) is 4.77. The number of aryl methyl sites for hydroxylation is 1. The summed E-state index contributed by atoms with van der Waals surface area (Å²) in [4.78, 5) is 4.39. The van der Waals surface area contributed by atoms with Gasteiger partial charge in [-0.25, -0.2) is 4.98 Å². The predicted octanol–water partition coefficient (Wildman–Crippen LogP) is 2.92. The van der Waals surface area contributed by atoms with Crippen LogP contribution < -0.4 is 5.32 Å². The molecule has 0 aliphatic heterocycles. The third-order valence-electron chi connectivity index (χ3n) is 3.43. The molecule has 0 spiro atoms. The molecule has 1 atom stereocenters. The highest BCUT2D eigenvalue weighted by molar-refractivity contribution is 7.09. The molecule has 4 nitrogen and oxygen atoms in total. The van der Waals surface area contributed by atoms with Crippen molar-refractivity contribution < 1.29 is 0 Å². The number of likely N-dealkylation sites (N-methyl/N-ethyl adjacent to an activating group) is 1. The van der Waals surface area contributed by atoms with Crippen molar-refractivity contribution in [3.05, 3.63) is 46.5 Å². The van der Waals surface area contributed by atoms with Crippen LogP contribution in [0.2, 0.25) is 0 Å². The van der Waals surface area contributed by atoms with Crippen LogP contribution in [0.3, 0.4) is 0 Å². The Balaban J connectivity index is 2.00. The summed E-state index contributed by atoms with van der Waals surface area (Å²) >= 11 is 1.70. The molecule has 1 aromatic carbocycles. The predicted molar refractivity (Wildman–Crippen MR) is 82.9 cm³/mol. The van der Waals surface area contributed by atoms with Crippen molar-refractivity contribution in [3.63, 3.8) is 0 Å². The summed E-state index contributed by atoms with van der Waals surface area (Å²) in [5.41, 5.74) is 2.28. The molecule has 0 aliphatic carbocycles. The lowest BCUT2D eigenvalue weighted by Gasteiger charge is -2.14. The van der Waals surface area contributed by atoms with Crippen LogP contribution in [-0.2, 0) is 13.5 Å². The Morgan fingerprint density at radius 2 is 2.20 bits per heavy atom. The van der Waals surface area contributed by atoms with Gasteiger partial charge in [0.25, 0.3) is 0 Å². The van der Waals surface area contributed by atoms with Gasteiger partial charge in [0.1, 0.15) is 0 Å². The zero-order valence-corrected chi connectivity index (χ0v) is 12.5. The number of fused-ring (bicyclic) bond motifs is 1. The maximum Gasteiger partial charge on any atom is 0.0944 e. The Bertz CT molecular complexity index is 687. The van der Waals surface area contributed by atoms with Crippen molar-refractivity contribution in [2.45, 2.75) is 19.4 Å². The van der Waals surface area contributed by atoms with Crippen LogP contribution in [-0.4, -0.2) is 21.3 Å². The summed E-state index contributed by atoms with van der Waals surface area (Å²) in [5, 5.41) is 12.6. The molecule has 0 bridgehead atoms. The molecule has 3 rings (SSSR count). The molecule has 0 radical (unpaired) electrons. The Hall–Kier alpha value is -1.72. The molecule has 0 fully saturated rings. The first kappa shape index (κ1) is 13.3. The third kappa shape index (κ3) is 2.46. The van der Waals surface area contributed by atoms with E-state index in [1.807, 2.05) is 23.3 Å². The highest BCUT2D eigenvalue weighted by Gasteiger charge is 2.19. The average Bonchev–Trinajstić information content (AvgIpc) is 3.07. The van der Waals surface area contributed by atoms with Crippen LogP contribution in [0.25, 0.3) is 10.9 Å². The smallest absolute Gasteiger partial charge is 0.0944 e. The zero-order valence-electron chi connectivity index (χ0n) is 11.7. The minimum Gasteiger partial charge on any atom is -0.308 e. The number of aromatic nitrogens is 3. The van der Waals surface area contributed by atoms with Crippen molar-refractivity contribution in [1.82, 2.24) is 20.1 Å². The minimum absolute atomic E-state index is 0.206. The fourth-order valence-corrected chi connectivity index (χ4v) is 3.20. The van der Waals surface area contributed by atoms with Crippen molar-refractivity contribution in [2.24, 2.45) is 7.05 Å². The molecule has 5 heteroatoms. The van der Waals surface area contributed by atoms with E-state index >= 15 is 0 Å². The van der Waals surface area contributed by atoms with Gasteiger partial charge in [-0.15, -0.1) is 11.3 Å². The Kier molecular flexibility index (Phi) is 3.80. The van der Waals surface area contributed by atoms with Crippen molar-refractivity contribution >= 4 is 22.2 Å². The molecular formula is C15H18N4S. The van der Waals surface area contributed by atoms with E-state index in [1.165, 1.54) is 10.9 Å². The first-order valence-electron chi connectivity index (χ1n) is 6.83. The molecule has 104 valence electrons. The van der Waals surface area contributed by atoms with E-state index in [0.29, 0.717) is 0 Å². The van der Waals surface area contributed by atoms with Gasteiger partial charge in [-0.05, 0) is 12.6 Å². The van der Waals surface area contributed by atoms with Crippen molar-refractivity contribution in [1.29, 1.82) is 0 Å². The van der Waals surface area contributed by atoms with Crippen LogP contribution in [0, 0.1) is 0 Å². The number of para-hydroxylation sites is 1. The summed E-state index contributed by atoms with van der Waals surface area (Å²) in [6.45, 7) is 3.04. The zero-order chi connectivity index (χ0) is 13.9. The fourth-order valence-electron chi connectivity index (χ4n) is 2.54.